The van der Waals surface area contributed by atoms with Crippen molar-refractivity contribution in [2.75, 3.05) is 6.54 Å². The Morgan fingerprint density at radius 2 is 1.35 bits per heavy atom. The molecule has 2 N–H and O–H groups in total. The summed E-state index contributed by atoms with van der Waals surface area (Å²) in [5.41, 5.74) is 6.43. The number of carboxylic acids is 2. The number of amides is 1. The molecule has 2 heterocycles. The Hall–Kier alpha value is -7.49. The number of benzene rings is 4. The molecule has 0 fully saturated rings. The number of aliphatic carboxylic acids is 2. The molecule has 5 aromatic rings. The molecule has 6 rings (SSSR count). The number of fused-ring (bicyclic) bond motifs is 3. The number of allylic oxidation sites excluding steroid dienone is 6. The van der Waals surface area contributed by atoms with Crippen molar-refractivity contribution in [2.45, 2.75) is 6.42 Å². The van der Waals surface area contributed by atoms with E-state index in [-0.39, 0.29) is 16.8 Å². The summed E-state index contributed by atoms with van der Waals surface area (Å²) in [7, 11) is 0. The van der Waals surface area contributed by atoms with Crippen LogP contribution in [0.2, 0.25) is 0 Å². The van der Waals surface area contributed by atoms with Crippen LogP contribution in [-0.2, 0) is 14.4 Å². The minimum Gasteiger partial charge on any atom is -0.481 e. The van der Waals surface area contributed by atoms with E-state index in [1.165, 1.54) is 12.2 Å². The Bertz CT molecular complexity index is 2500. The number of rotatable bonds is 11. The molecule has 0 saturated carbocycles. The normalized spacial score (nSPS) is 13.2. The van der Waals surface area contributed by atoms with Crippen molar-refractivity contribution in [3.63, 3.8) is 0 Å². The number of carbonyl (C=O) groups is 3. The average molecular weight is 683 g/mol. The molecule has 9 heteroatoms. The summed E-state index contributed by atoms with van der Waals surface area (Å²) in [5, 5.41) is 39.8. The lowest BCUT2D eigenvalue weighted by molar-refractivity contribution is -0.141. The van der Waals surface area contributed by atoms with Crippen LogP contribution < -0.4 is 0 Å². The summed E-state index contributed by atoms with van der Waals surface area (Å²) in [4.78, 5) is 36.9. The first kappa shape index (κ1) is 34.4. The smallest absolute Gasteiger partial charge is 0.323 e. The standard InChI is InChI=1S/C43H30N4O5/c1-2-28-13-16-30(17-14-28)31-18-20-33(21-19-31)47-38-12-8-7-10-34(38)36-23-29(15-22-39(36)47)9-5-3-4-6-11-35-37(24-40(48)49)42(32(25-44)26-45)46(43(35)52)27-41(50)51/h2-23H,1,24,27H2,(H,48,49)(H,50,51)/b4-3+,9-5+,11-6+. The Morgan fingerprint density at radius 3 is 1.98 bits per heavy atom. The van der Waals surface area contributed by atoms with Crippen LogP contribution in [0.15, 0.2) is 150 Å². The Labute approximate surface area is 299 Å². The van der Waals surface area contributed by atoms with E-state index < -0.39 is 36.4 Å². The molecular weight excluding hydrogens is 652 g/mol. The molecule has 0 bridgehead atoms. The van der Waals surface area contributed by atoms with Gasteiger partial charge in [0.05, 0.1) is 23.2 Å². The summed E-state index contributed by atoms with van der Waals surface area (Å²) in [6.07, 6.45) is 11.1. The van der Waals surface area contributed by atoms with Gasteiger partial charge in [0.25, 0.3) is 5.91 Å². The van der Waals surface area contributed by atoms with Gasteiger partial charge in [-0.05, 0) is 58.7 Å². The Balaban J connectivity index is 1.26. The maximum atomic E-state index is 13.1. The number of para-hydroxylation sites is 1. The van der Waals surface area contributed by atoms with Gasteiger partial charge in [-0.2, -0.15) is 10.5 Å². The van der Waals surface area contributed by atoms with Crippen molar-refractivity contribution in [1.29, 1.82) is 10.5 Å². The third-order valence-electron chi connectivity index (χ3n) is 8.62. The molecule has 0 saturated heterocycles. The van der Waals surface area contributed by atoms with Gasteiger partial charge >= 0.3 is 11.9 Å². The molecule has 9 nitrogen and oxygen atoms in total. The van der Waals surface area contributed by atoms with Crippen molar-refractivity contribution in [3.05, 3.63) is 161 Å². The molecule has 52 heavy (non-hydrogen) atoms. The molecule has 1 aliphatic rings. The van der Waals surface area contributed by atoms with Crippen LogP contribution in [0.4, 0.5) is 0 Å². The van der Waals surface area contributed by atoms with E-state index in [0.29, 0.717) is 0 Å². The topological polar surface area (TPSA) is 147 Å². The van der Waals surface area contributed by atoms with E-state index in [1.807, 2.05) is 36.4 Å². The summed E-state index contributed by atoms with van der Waals surface area (Å²) < 4.78 is 2.25. The first-order chi connectivity index (χ1) is 25.2. The lowest BCUT2D eigenvalue weighted by Gasteiger charge is -2.17. The summed E-state index contributed by atoms with van der Waals surface area (Å²) in [6, 6.07) is 34.6. The van der Waals surface area contributed by atoms with E-state index in [2.05, 4.69) is 83.9 Å². The lowest BCUT2D eigenvalue weighted by Crippen LogP contribution is -2.32. The van der Waals surface area contributed by atoms with Crippen LogP contribution in [0.1, 0.15) is 17.5 Å². The third kappa shape index (κ3) is 6.84. The van der Waals surface area contributed by atoms with Gasteiger partial charge in [-0.25, -0.2) is 0 Å². The fraction of sp³-hybridized carbons (Fsp3) is 0.0465. The predicted octanol–water partition coefficient (Wildman–Crippen LogP) is 8.22. The van der Waals surface area contributed by atoms with Crippen LogP contribution in [-0.4, -0.2) is 44.1 Å². The van der Waals surface area contributed by atoms with Crippen molar-refractivity contribution in [2.24, 2.45) is 0 Å². The van der Waals surface area contributed by atoms with Gasteiger partial charge in [0.2, 0.25) is 0 Å². The average Bonchev–Trinajstić information content (AvgIpc) is 3.60. The molecule has 0 atom stereocenters. The molecular formula is C43H30N4O5. The van der Waals surface area contributed by atoms with E-state index in [9.17, 15) is 35.1 Å². The van der Waals surface area contributed by atoms with Crippen molar-refractivity contribution >= 4 is 51.8 Å². The number of hydrogen-bond acceptors (Lipinski definition) is 5. The van der Waals surface area contributed by atoms with Gasteiger partial charge in [0.1, 0.15) is 18.7 Å². The maximum absolute atomic E-state index is 13.1. The van der Waals surface area contributed by atoms with E-state index >= 15 is 0 Å². The first-order valence-corrected chi connectivity index (χ1v) is 16.2. The molecule has 0 spiro atoms. The van der Waals surface area contributed by atoms with Crippen LogP contribution >= 0.6 is 0 Å². The van der Waals surface area contributed by atoms with Crippen molar-refractivity contribution in [3.8, 4) is 29.0 Å². The fourth-order valence-corrected chi connectivity index (χ4v) is 6.31. The first-order valence-electron chi connectivity index (χ1n) is 16.2. The highest BCUT2D eigenvalue weighted by Gasteiger charge is 2.38. The number of carbonyl (C=O) groups excluding carboxylic acids is 1. The second kappa shape index (κ2) is 15.0. The van der Waals surface area contributed by atoms with Gasteiger partial charge in [0, 0.05) is 27.6 Å². The van der Waals surface area contributed by atoms with Crippen LogP contribution in [0.5, 0.6) is 0 Å². The van der Waals surface area contributed by atoms with Crippen LogP contribution in [0.3, 0.4) is 0 Å². The molecule has 252 valence electrons. The van der Waals surface area contributed by atoms with Gasteiger partial charge < -0.3 is 14.8 Å². The van der Waals surface area contributed by atoms with Gasteiger partial charge in [-0.1, -0.05) is 104 Å². The Morgan fingerprint density at radius 1 is 0.731 bits per heavy atom. The molecule has 4 aromatic carbocycles. The highest BCUT2D eigenvalue weighted by Crippen LogP contribution is 2.35. The van der Waals surface area contributed by atoms with Gasteiger partial charge in [-0.3, -0.25) is 19.3 Å². The van der Waals surface area contributed by atoms with Gasteiger partial charge in [-0.15, -0.1) is 0 Å². The molecule has 0 unspecified atom stereocenters. The summed E-state index contributed by atoms with van der Waals surface area (Å²) >= 11 is 0. The summed E-state index contributed by atoms with van der Waals surface area (Å²) in [6.45, 7) is 3.00. The highest BCUT2D eigenvalue weighted by atomic mass is 16.4. The zero-order chi connectivity index (χ0) is 36.8. The minimum absolute atomic E-state index is 0.0982. The van der Waals surface area contributed by atoms with E-state index in [1.54, 1.807) is 24.3 Å². The number of nitrogens with zero attached hydrogens (tertiary/aromatic N) is 4. The largest absolute Gasteiger partial charge is 0.481 e. The molecule has 0 aliphatic carbocycles. The van der Waals surface area contributed by atoms with Crippen molar-refractivity contribution < 1.29 is 24.6 Å². The lowest BCUT2D eigenvalue weighted by atomic mass is 10.0. The number of nitriles is 2. The fourth-order valence-electron chi connectivity index (χ4n) is 6.31. The number of carboxylic acid groups (broad SMARTS) is 2. The zero-order valence-corrected chi connectivity index (χ0v) is 27.7. The SMILES string of the molecule is C=Cc1ccc(-c2ccc(-n3c4ccccc4c4cc(/C=C/C=C/C=C/C5=C(CC(=O)O)C(=C(C#N)C#N)N(CC(=O)O)C5=O)ccc43)cc2)cc1. The van der Waals surface area contributed by atoms with Gasteiger partial charge in [0.15, 0.2) is 5.57 Å². The van der Waals surface area contributed by atoms with Crippen LogP contribution in [0, 0.1) is 22.7 Å². The maximum Gasteiger partial charge on any atom is 0.323 e. The zero-order valence-electron chi connectivity index (χ0n) is 27.7. The van der Waals surface area contributed by atoms with Crippen LogP contribution in [0.25, 0.3) is 50.8 Å². The highest BCUT2D eigenvalue weighted by molar-refractivity contribution is 6.10. The minimum atomic E-state index is -1.38. The predicted molar refractivity (Wildman–Crippen MR) is 201 cm³/mol. The molecule has 1 aromatic heterocycles. The second-order valence-electron chi connectivity index (χ2n) is 11.8. The van der Waals surface area contributed by atoms with E-state index in [0.717, 1.165) is 54.6 Å². The summed E-state index contributed by atoms with van der Waals surface area (Å²) in [5.74, 6) is -3.49. The molecule has 1 amide bonds. The second-order valence-corrected chi connectivity index (χ2v) is 11.8. The Kier molecular flexibility index (Phi) is 9.89. The molecule has 1 aliphatic heterocycles. The monoisotopic (exact) mass is 682 g/mol. The molecule has 0 radical (unpaired) electrons. The van der Waals surface area contributed by atoms with E-state index in [4.69, 9.17) is 0 Å². The quantitative estimate of drug-likeness (QED) is 0.105. The van der Waals surface area contributed by atoms with Crippen molar-refractivity contribution in [1.82, 2.24) is 9.47 Å². The number of hydrogen-bond donors (Lipinski definition) is 2. The number of aromatic nitrogens is 1. The third-order valence-corrected chi connectivity index (χ3v) is 8.62.